The number of hydrogen-bond acceptors (Lipinski definition) is 5. The number of nitrogens with one attached hydrogen (secondary N) is 1. The Bertz CT molecular complexity index is 852. The van der Waals surface area contributed by atoms with Gasteiger partial charge in [0.15, 0.2) is 0 Å². The lowest BCUT2D eigenvalue weighted by Gasteiger charge is -2.41. The Balaban J connectivity index is 1.76. The maximum Gasteiger partial charge on any atom is 0.326 e. The topological polar surface area (TPSA) is 118 Å². The molecule has 9 heteroatoms. The summed E-state index contributed by atoms with van der Waals surface area (Å²) in [5, 5.41) is 17.1. The summed E-state index contributed by atoms with van der Waals surface area (Å²) in [7, 11) is -3.10. The maximum absolute atomic E-state index is 13.1. The first kappa shape index (κ1) is 24.7. The summed E-state index contributed by atoms with van der Waals surface area (Å²) in [6, 6.07) is 0.637. The summed E-state index contributed by atoms with van der Waals surface area (Å²) in [5.41, 5.74) is 0.274. The van der Waals surface area contributed by atoms with Gasteiger partial charge in [0.05, 0.1) is 5.75 Å². The van der Waals surface area contributed by atoms with Gasteiger partial charge in [-0.05, 0) is 30.2 Å². The van der Waals surface area contributed by atoms with Crippen LogP contribution in [0.15, 0.2) is 12.3 Å². The summed E-state index contributed by atoms with van der Waals surface area (Å²) in [4.78, 5) is 25.5. The first-order chi connectivity index (χ1) is 15.3. The zero-order chi connectivity index (χ0) is 23.1. The third kappa shape index (κ3) is 6.80. The van der Waals surface area contributed by atoms with E-state index in [1.165, 1.54) is 30.0 Å². The molecule has 2 saturated carbocycles. The maximum atomic E-state index is 13.1. The van der Waals surface area contributed by atoms with Gasteiger partial charge in [0.2, 0.25) is 0 Å². The highest BCUT2D eigenvalue weighted by molar-refractivity contribution is 7.90. The van der Waals surface area contributed by atoms with Gasteiger partial charge >= 0.3 is 5.97 Å². The molecule has 1 amide bonds. The van der Waals surface area contributed by atoms with Crippen LogP contribution in [0.5, 0.6) is 0 Å². The second-order valence-corrected chi connectivity index (χ2v) is 11.8. The first-order valence-corrected chi connectivity index (χ1v) is 14.1. The van der Waals surface area contributed by atoms with Gasteiger partial charge in [-0.1, -0.05) is 64.2 Å². The lowest BCUT2D eigenvalue weighted by atomic mass is 9.66. The van der Waals surface area contributed by atoms with Crippen molar-refractivity contribution in [3.63, 3.8) is 0 Å². The summed E-state index contributed by atoms with van der Waals surface area (Å²) >= 11 is 0. The van der Waals surface area contributed by atoms with Crippen LogP contribution >= 0.6 is 0 Å². The quantitative estimate of drug-likeness (QED) is 0.545. The van der Waals surface area contributed by atoms with E-state index in [0.29, 0.717) is 18.3 Å². The molecular formula is C23H37N3O5S. The number of carbonyl (C=O) groups is 2. The number of carbonyl (C=O) groups excluding carboxylic acids is 1. The van der Waals surface area contributed by atoms with Gasteiger partial charge in [0.1, 0.15) is 21.6 Å². The molecule has 0 radical (unpaired) electrons. The van der Waals surface area contributed by atoms with E-state index in [2.05, 4.69) is 10.4 Å². The van der Waals surface area contributed by atoms with Crippen molar-refractivity contribution in [3.05, 3.63) is 18.0 Å². The standard InChI is InChI=1S/C23H37N3O5S/c1-32(30,31)16-8-15-26-19(13-14-24-26)22(27)25-21(23(28)29)20(17-9-4-2-5-10-17)18-11-6-3-7-12-18/h13-14,17-18,20-21H,2-12,15-16H2,1H3,(H,25,27)(H,28,29). The Morgan fingerprint density at radius 2 is 1.66 bits per heavy atom. The predicted molar refractivity (Wildman–Crippen MR) is 122 cm³/mol. The van der Waals surface area contributed by atoms with Crippen molar-refractivity contribution in [3.8, 4) is 0 Å². The SMILES string of the molecule is CS(=O)(=O)CCCn1nccc1C(=O)NC(C(=O)O)C(C1CCCCC1)C1CCCCC1. The van der Waals surface area contributed by atoms with Gasteiger partial charge in [-0.2, -0.15) is 5.10 Å². The number of carboxylic acids is 1. The van der Waals surface area contributed by atoms with Crippen molar-refractivity contribution in [2.45, 2.75) is 83.2 Å². The number of hydrogen-bond donors (Lipinski definition) is 2. The normalized spacial score (nSPS) is 19.7. The van der Waals surface area contributed by atoms with Gasteiger partial charge < -0.3 is 10.4 Å². The lowest BCUT2D eigenvalue weighted by molar-refractivity contribution is -0.142. The predicted octanol–water partition coefficient (Wildman–Crippen LogP) is 3.28. The molecule has 2 aliphatic rings. The van der Waals surface area contributed by atoms with Crippen LogP contribution in [-0.4, -0.2) is 53.2 Å². The zero-order valence-corrected chi connectivity index (χ0v) is 19.9. The van der Waals surface area contributed by atoms with Crippen molar-refractivity contribution in [2.75, 3.05) is 12.0 Å². The smallest absolute Gasteiger partial charge is 0.326 e. The summed E-state index contributed by atoms with van der Waals surface area (Å²) < 4.78 is 24.3. The molecule has 32 heavy (non-hydrogen) atoms. The number of carboxylic acid groups (broad SMARTS) is 1. The van der Waals surface area contributed by atoms with E-state index in [4.69, 9.17) is 0 Å². The van der Waals surface area contributed by atoms with Crippen molar-refractivity contribution >= 4 is 21.7 Å². The monoisotopic (exact) mass is 467 g/mol. The molecule has 1 unspecified atom stereocenters. The van der Waals surface area contributed by atoms with Crippen LogP contribution in [0, 0.1) is 17.8 Å². The number of aryl methyl sites for hydroxylation is 1. The van der Waals surface area contributed by atoms with E-state index < -0.39 is 27.8 Å². The molecule has 0 aliphatic heterocycles. The van der Waals surface area contributed by atoms with Gasteiger partial charge in [-0.25, -0.2) is 13.2 Å². The van der Waals surface area contributed by atoms with Crippen LogP contribution in [0.4, 0.5) is 0 Å². The third-order valence-electron chi connectivity index (χ3n) is 7.16. The Hall–Kier alpha value is -1.90. The second kappa shape index (κ2) is 11.3. The van der Waals surface area contributed by atoms with E-state index >= 15 is 0 Å². The van der Waals surface area contributed by atoms with Gasteiger partial charge in [-0.15, -0.1) is 0 Å². The van der Waals surface area contributed by atoms with E-state index in [9.17, 15) is 23.1 Å². The molecule has 180 valence electrons. The van der Waals surface area contributed by atoms with Crippen LogP contribution < -0.4 is 5.32 Å². The summed E-state index contributed by atoms with van der Waals surface area (Å²) in [6.45, 7) is 0.287. The molecule has 2 aliphatic carbocycles. The van der Waals surface area contributed by atoms with Crippen molar-refractivity contribution in [1.82, 2.24) is 15.1 Å². The lowest BCUT2D eigenvalue weighted by Crippen LogP contribution is -2.51. The number of rotatable bonds is 10. The molecule has 1 aromatic heterocycles. The number of aliphatic carboxylic acids is 1. The number of nitrogens with zero attached hydrogens (tertiary/aromatic N) is 2. The van der Waals surface area contributed by atoms with Crippen LogP contribution in [0.2, 0.25) is 0 Å². The molecular weight excluding hydrogens is 430 g/mol. The first-order valence-electron chi connectivity index (χ1n) is 12.0. The fraction of sp³-hybridized carbons (Fsp3) is 0.783. The molecule has 2 fully saturated rings. The van der Waals surface area contributed by atoms with Crippen LogP contribution in [0.1, 0.15) is 81.1 Å². The van der Waals surface area contributed by atoms with E-state index in [1.54, 1.807) is 6.07 Å². The molecule has 1 atom stereocenters. The van der Waals surface area contributed by atoms with Crippen LogP contribution in [0.25, 0.3) is 0 Å². The summed E-state index contributed by atoms with van der Waals surface area (Å²) in [5.74, 6) is -0.815. The minimum Gasteiger partial charge on any atom is -0.480 e. The molecule has 0 saturated heterocycles. The van der Waals surface area contributed by atoms with Crippen molar-refractivity contribution in [2.24, 2.45) is 17.8 Å². The number of aromatic nitrogens is 2. The molecule has 8 nitrogen and oxygen atoms in total. The second-order valence-electron chi connectivity index (χ2n) is 9.59. The minimum atomic E-state index is -3.10. The van der Waals surface area contributed by atoms with E-state index in [0.717, 1.165) is 51.4 Å². The third-order valence-corrected chi connectivity index (χ3v) is 8.19. The highest BCUT2D eigenvalue weighted by atomic mass is 32.2. The fourth-order valence-corrected chi connectivity index (χ4v) is 6.34. The molecule has 0 bridgehead atoms. The zero-order valence-electron chi connectivity index (χ0n) is 19.0. The molecule has 0 aromatic carbocycles. The Morgan fingerprint density at radius 1 is 1.09 bits per heavy atom. The van der Waals surface area contributed by atoms with E-state index in [-0.39, 0.29) is 23.9 Å². The molecule has 1 aromatic rings. The minimum absolute atomic E-state index is 0.0110. The van der Waals surface area contributed by atoms with Gasteiger partial charge in [-0.3, -0.25) is 9.48 Å². The fourth-order valence-electron chi connectivity index (χ4n) is 5.69. The number of sulfone groups is 1. The average Bonchev–Trinajstić information content (AvgIpc) is 3.22. The highest BCUT2D eigenvalue weighted by Crippen LogP contribution is 2.41. The van der Waals surface area contributed by atoms with Crippen molar-refractivity contribution in [1.29, 1.82) is 0 Å². The molecule has 2 N–H and O–H groups in total. The van der Waals surface area contributed by atoms with Crippen LogP contribution in [-0.2, 0) is 21.2 Å². The number of amides is 1. The average molecular weight is 468 g/mol. The Morgan fingerprint density at radius 3 is 2.16 bits per heavy atom. The van der Waals surface area contributed by atoms with Gasteiger partial charge in [0, 0.05) is 19.0 Å². The highest BCUT2D eigenvalue weighted by Gasteiger charge is 2.41. The van der Waals surface area contributed by atoms with Crippen LogP contribution in [0.3, 0.4) is 0 Å². The molecule has 0 spiro atoms. The Kier molecular flexibility index (Phi) is 8.73. The largest absolute Gasteiger partial charge is 0.480 e. The van der Waals surface area contributed by atoms with Crippen molar-refractivity contribution < 1.29 is 23.1 Å². The Labute approximate surface area is 191 Å². The van der Waals surface area contributed by atoms with Gasteiger partial charge in [0.25, 0.3) is 5.91 Å². The molecule has 3 rings (SSSR count). The molecule has 1 heterocycles. The summed E-state index contributed by atoms with van der Waals surface area (Å²) in [6.07, 6.45) is 14.0. The van der Waals surface area contributed by atoms with E-state index in [1.807, 2.05) is 0 Å².